The Kier molecular flexibility index (Phi) is 5.13. The van der Waals surface area contributed by atoms with E-state index in [0.29, 0.717) is 27.0 Å². The number of anilines is 1. The first-order chi connectivity index (χ1) is 15.9. The van der Waals surface area contributed by atoms with Gasteiger partial charge in [-0.15, -0.1) is 10.2 Å². The van der Waals surface area contributed by atoms with Gasteiger partial charge in [0, 0.05) is 11.6 Å². The van der Waals surface area contributed by atoms with Crippen molar-refractivity contribution < 1.29 is 4.39 Å². The van der Waals surface area contributed by atoms with Gasteiger partial charge in [-0.1, -0.05) is 18.3 Å². The molecule has 33 heavy (non-hydrogen) atoms. The van der Waals surface area contributed by atoms with Crippen LogP contribution in [0.4, 0.5) is 10.2 Å². The van der Waals surface area contributed by atoms with Crippen molar-refractivity contribution in [2.75, 3.05) is 4.90 Å². The Morgan fingerprint density at radius 1 is 1.18 bits per heavy atom. The summed E-state index contributed by atoms with van der Waals surface area (Å²) in [7, 11) is 0. The van der Waals surface area contributed by atoms with Crippen LogP contribution in [0.5, 0.6) is 0 Å². The fourth-order valence-corrected chi connectivity index (χ4v) is 5.12. The van der Waals surface area contributed by atoms with Crippen LogP contribution in [0.3, 0.4) is 0 Å². The molecule has 0 saturated carbocycles. The highest BCUT2D eigenvalue weighted by Crippen LogP contribution is 2.42. The van der Waals surface area contributed by atoms with Crippen LogP contribution in [0.2, 0.25) is 0 Å². The van der Waals surface area contributed by atoms with Crippen LogP contribution in [-0.4, -0.2) is 35.8 Å². The third-order valence-electron chi connectivity index (χ3n) is 5.71. The molecule has 3 aromatic heterocycles. The number of halogens is 1. The highest BCUT2D eigenvalue weighted by Gasteiger charge is 2.36. The summed E-state index contributed by atoms with van der Waals surface area (Å²) in [5.74, 6) is 2.58. The monoisotopic (exact) mass is 460 g/mol. The van der Waals surface area contributed by atoms with Gasteiger partial charge in [0.15, 0.2) is 22.5 Å². The van der Waals surface area contributed by atoms with E-state index in [0.717, 1.165) is 29.6 Å². The molecule has 10 heteroatoms. The molecule has 0 fully saturated rings. The van der Waals surface area contributed by atoms with E-state index in [1.54, 1.807) is 18.3 Å². The Labute approximate surface area is 194 Å². The molecule has 1 atom stereocenters. The van der Waals surface area contributed by atoms with Gasteiger partial charge in [-0.2, -0.15) is 5.26 Å². The summed E-state index contributed by atoms with van der Waals surface area (Å²) in [6.45, 7) is 8.28. The van der Waals surface area contributed by atoms with Gasteiger partial charge in [0.1, 0.15) is 28.3 Å². The van der Waals surface area contributed by atoms with Crippen molar-refractivity contribution in [2.45, 2.75) is 46.2 Å². The zero-order valence-electron chi connectivity index (χ0n) is 18.6. The van der Waals surface area contributed by atoms with Crippen LogP contribution in [-0.2, 0) is 0 Å². The van der Waals surface area contributed by atoms with Crippen molar-refractivity contribution in [1.82, 2.24) is 29.7 Å². The van der Waals surface area contributed by atoms with Crippen LogP contribution < -0.4 is 4.90 Å². The lowest BCUT2D eigenvalue weighted by atomic mass is 10.1. The minimum Gasteiger partial charge on any atom is -0.342 e. The summed E-state index contributed by atoms with van der Waals surface area (Å²) < 4.78 is 15.5. The van der Waals surface area contributed by atoms with Crippen LogP contribution in [0, 0.1) is 24.1 Å². The molecule has 5 rings (SSSR count). The van der Waals surface area contributed by atoms with Gasteiger partial charge in [-0.25, -0.2) is 19.3 Å². The molecule has 1 aliphatic rings. The summed E-state index contributed by atoms with van der Waals surface area (Å²) in [6, 6.07) is 8.34. The lowest BCUT2D eigenvalue weighted by molar-refractivity contribution is 0.496. The molecule has 0 amide bonds. The van der Waals surface area contributed by atoms with Crippen molar-refractivity contribution in [2.24, 2.45) is 0 Å². The van der Waals surface area contributed by atoms with Crippen molar-refractivity contribution in [3.05, 3.63) is 52.9 Å². The zero-order valence-corrected chi connectivity index (χ0v) is 19.4. The lowest BCUT2D eigenvalue weighted by Crippen LogP contribution is -2.40. The predicted octanol–water partition coefficient (Wildman–Crippen LogP) is 4.85. The molecule has 1 aliphatic heterocycles. The molecule has 4 aromatic rings. The highest BCUT2D eigenvalue weighted by atomic mass is 32.1. The van der Waals surface area contributed by atoms with Gasteiger partial charge in [0.25, 0.3) is 0 Å². The van der Waals surface area contributed by atoms with E-state index >= 15 is 0 Å². The number of rotatable bonds is 4. The van der Waals surface area contributed by atoms with E-state index in [2.05, 4.69) is 51.9 Å². The average Bonchev–Trinajstić information content (AvgIpc) is 3.42. The van der Waals surface area contributed by atoms with Crippen molar-refractivity contribution in [3.8, 4) is 33.7 Å². The molecule has 0 N–H and O–H groups in total. The van der Waals surface area contributed by atoms with Crippen LogP contribution in [0.1, 0.15) is 49.9 Å². The third-order valence-corrected chi connectivity index (χ3v) is 6.66. The second kappa shape index (κ2) is 8.01. The fraction of sp³-hybridized carbons (Fsp3) is 0.304. The van der Waals surface area contributed by atoms with Crippen molar-refractivity contribution in [3.63, 3.8) is 0 Å². The maximum Gasteiger partial charge on any atom is 0.195 e. The molecule has 0 bridgehead atoms. The normalized spacial score (nSPS) is 14.8. The Balaban J connectivity index is 1.72. The minimum absolute atomic E-state index is 0.0224. The second-order valence-electron chi connectivity index (χ2n) is 8.08. The van der Waals surface area contributed by atoms with Gasteiger partial charge in [-0.05, 0) is 51.5 Å². The van der Waals surface area contributed by atoms with Crippen LogP contribution in [0.25, 0.3) is 27.6 Å². The summed E-state index contributed by atoms with van der Waals surface area (Å²) in [6.07, 6.45) is 2.62. The number of hydrogen-bond donors (Lipinski definition) is 0. The molecule has 1 unspecified atom stereocenters. The molecule has 0 spiro atoms. The third kappa shape index (κ3) is 3.36. The van der Waals surface area contributed by atoms with Gasteiger partial charge >= 0.3 is 0 Å². The Morgan fingerprint density at radius 2 is 1.94 bits per heavy atom. The van der Waals surface area contributed by atoms with E-state index in [-0.39, 0.29) is 17.9 Å². The number of nitriles is 1. The second-order valence-corrected chi connectivity index (χ2v) is 9.08. The smallest absolute Gasteiger partial charge is 0.195 e. The number of benzene rings is 1. The van der Waals surface area contributed by atoms with Crippen molar-refractivity contribution in [1.29, 1.82) is 5.26 Å². The number of nitrogens with zero attached hydrogens (tertiary/aromatic N) is 8. The topological polar surface area (TPSA) is 96.4 Å². The summed E-state index contributed by atoms with van der Waals surface area (Å²) in [4.78, 5) is 17.0. The molecule has 4 heterocycles. The summed E-state index contributed by atoms with van der Waals surface area (Å²) >= 11 is 1.23. The minimum atomic E-state index is -0.334. The van der Waals surface area contributed by atoms with E-state index in [4.69, 9.17) is 4.98 Å². The predicted molar refractivity (Wildman–Crippen MR) is 124 cm³/mol. The fourth-order valence-electron chi connectivity index (χ4n) is 4.29. The van der Waals surface area contributed by atoms with E-state index in [1.165, 1.54) is 23.5 Å². The quantitative estimate of drug-likeness (QED) is 0.430. The maximum atomic E-state index is 13.5. The maximum absolute atomic E-state index is 13.5. The molecular weight excluding hydrogens is 439 g/mol. The first-order valence-electron chi connectivity index (χ1n) is 10.7. The number of fused-ring (bicyclic) bond motifs is 3. The van der Waals surface area contributed by atoms with E-state index < -0.39 is 0 Å². The molecule has 0 radical (unpaired) electrons. The first kappa shape index (κ1) is 21.2. The first-order valence-corrected chi connectivity index (χ1v) is 11.5. The van der Waals surface area contributed by atoms with E-state index in [1.807, 2.05) is 11.5 Å². The van der Waals surface area contributed by atoms with Crippen LogP contribution >= 0.6 is 11.3 Å². The van der Waals surface area contributed by atoms with Crippen molar-refractivity contribution >= 4 is 17.2 Å². The molecule has 8 nitrogen and oxygen atoms in total. The van der Waals surface area contributed by atoms with E-state index in [9.17, 15) is 9.65 Å². The zero-order chi connectivity index (χ0) is 23.3. The SMILES string of the molecule is CCC1c2nnc(C)n2-c2cnc(-c3sc(C#N)nc3-c3ccc(F)cc3)nc2N1C(C)C. The van der Waals surface area contributed by atoms with Gasteiger partial charge in [0.2, 0.25) is 0 Å². The molecular formula is C23H21FN8S. The molecule has 0 saturated heterocycles. The van der Waals surface area contributed by atoms with Gasteiger partial charge < -0.3 is 4.90 Å². The molecule has 166 valence electrons. The number of hydrogen-bond acceptors (Lipinski definition) is 8. The van der Waals surface area contributed by atoms with Gasteiger partial charge in [0.05, 0.1) is 17.9 Å². The standard InChI is InChI=1S/C23H21FN8S/c1-5-16-23-30-29-13(4)32(23)17-11-26-21(28-22(17)31(16)12(2)3)20-19(27-18(10-25)33-20)14-6-8-15(24)9-7-14/h6-9,11-12,16H,5H2,1-4H3. The Morgan fingerprint density at radius 3 is 2.61 bits per heavy atom. The molecule has 1 aromatic carbocycles. The average molecular weight is 461 g/mol. The van der Waals surface area contributed by atoms with Crippen LogP contribution in [0.15, 0.2) is 30.5 Å². The highest BCUT2D eigenvalue weighted by molar-refractivity contribution is 7.16. The lowest BCUT2D eigenvalue weighted by Gasteiger charge is -2.39. The Hall–Kier alpha value is -3.71. The largest absolute Gasteiger partial charge is 0.342 e. The Bertz CT molecular complexity index is 1380. The number of thiazole rings is 1. The summed E-state index contributed by atoms with van der Waals surface area (Å²) in [5, 5.41) is 18.5. The molecule has 0 aliphatic carbocycles. The number of aromatic nitrogens is 6. The number of aryl methyl sites for hydroxylation is 1. The van der Waals surface area contributed by atoms with Gasteiger partial charge in [-0.3, -0.25) is 4.57 Å². The summed E-state index contributed by atoms with van der Waals surface area (Å²) in [5.41, 5.74) is 2.09.